The Bertz CT molecular complexity index is 641. The second-order valence-corrected chi connectivity index (χ2v) is 5.14. The SMILES string of the molecule is COc1ccc(N)c(C(=O)NC(C)c2ccc(Cl)cc2)c1. The summed E-state index contributed by atoms with van der Waals surface area (Å²) in [5, 5.41) is 3.57. The van der Waals surface area contributed by atoms with E-state index in [-0.39, 0.29) is 11.9 Å². The summed E-state index contributed by atoms with van der Waals surface area (Å²) in [7, 11) is 1.55. The van der Waals surface area contributed by atoms with Gasteiger partial charge < -0.3 is 15.8 Å². The first kappa shape index (κ1) is 15.2. The van der Waals surface area contributed by atoms with Gasteiger partial charge in [0.1, 0.15) is 5.75 Å². The van der Waals surface area contributed by atoms with E-state index in [0.29, 0.717) is 22.0 Å². The zero-order valence-electron chi connectivity index (χ0n) is 11.9. The number of ether oxygens (including phenoxy) is 1. The molecule has 0 aromatic heterocycles. The molecule has 0 aliphatic heterocycles. The number of benzene rings is 2. The molecule has 1 atom stereocenters. The van der Waals surface area contributed by atoms with Crippen LogP contribution in [0.1, 0.15) is 28.9 Å². The Kier molecular flexibility index (Phi) is 4.70. The van der Waals surface area contributed by atoms with Crippen LogP contribution in [0.15, 0.2) is 42.5 Å². The number of methoxy groups -OCH3 is 1. The third-order valence-electron chi connectivity index (χ3n) is 3.22. The van der Waals surface area contributed by atoms with Gasteiger partial charge in [-0.05, 0) is 42.8 Å². The Morgan fingerprint density at radius 2 is 1.90 bits per heavy atom. The minimum atomic E-state index is -0.242. The molecule has 2 rings (SSSR count). The molecule has 21 heavy (non-hydrogen) atoms. The molecule has 0 aliphatic rings. The van der Waals surface area contributed by atoms with Gasteiger partial charge in [-0.25, -0.2) is 0 Å². The summed E-state index contributed by atoms with van der Waals surface area (Å²) in [5.74, 6) is 0.349. The van der Waals surface area contributed by atoms with Crippen LogP contribution in [0.2, 0.25) is 5.02 Å². The fraction of sp³-hybridized carbons (Fsp3) is 0.188. The zero-order valence-corrected chi connectivity index (χ0v) is 12.6. The van der Waals surface area contributed by atoms with Crippen molar-refractivity contribution in [3.8, 4) is 5.75 Å². The first-order chi connectivity index (χ1) is 10.0. The summed E-state index contributed by atoms with van der Waals surface area (Å²) in [6.45, 7) is 1.90. The van der Waals surface area contributed by atoms with E-state index in [2.05, 4.69) is 5.32 Å². The molecule has 4 nitrogen and oxygen atoms in total. The highest BCUT2D eigenvalue weighted by atomic mass is 35.5. The fourth-order valence-corrected chi connectivity index (χ4v) is 2.09. The third-order valence-corrected chi connectivity index (χ3v) is 3.47. The van der Waals surface area contributed by atoms with E-state index in [9.17, 15) is 4.79 Å². The summed E-state index contributed by atoms with van der Waals surface area (Å²) in [6, 6.07) is 12.2. The largest absolute Gasteiger partial charge is 0.497 e. The number of halogens is 1. The molecule has 0 saturated heterocycles. The lowest BCUT2D eigenvalue weighted by molar-refractivity contribution is 0.0940. The van der Waals surface area contributed by atoms with Gasteiger partial charge >= 0.3 is 0 Å². The minimum Gasteiger partial charge on any atom is -0.497 e. The molecule has 0 fully saturated rings. The van der Waals surface area contributed by atoms with Crippen molar-refractivity contribution in [2.45, 2.75) is 13.0 Å². The fourth-order valence-electron chi connectivity index (χ4n) is 1.97. The van der Waals surface area contributed by atoms with Crippen LogP contribution in [0.3, 0.4) is 0 Å². The van der Waals surface area contributed by atoms with Crippen molar-refractivity contribution in [1.29, 1.82) is 0 Å². The summed E-state index contributed by atoms with van der Waals surface area (Å²) in [5.41, 5.74) is 7.62. The van der Waals surface area contributed by atoms with E-state index in [1.807, 2.05) is 19.1 Å². The standard InChI is InChI=1S/C16H17ClN2O2/c1-10(11-3-5-12(17)6-4-11)19-16(20)14-9-13(21-2)7-8-15(14)18/h3-10H,18H2,1-2H3,(H,19,20). The number of hydrogen-bond donors (Lipinski definition) is 2. The van der Waals surface area contributed by atoms with Gasteiger partial charge in [0.15, 0.2) is 0 Å². The normalized spacial score (nSPS) is 11.8. The highest BCUT2D eigenvalue weighted by Crippen LogP contribution is 2.21. The molecule has 2 aromatic rings. The molecule has 0 radical (unpaired) electrons. The quantitative estimate of drug-likeness (QED) is 0.851. The maximum absolute atomic E-state index is 12.3. The Morgan fingerprint density at radius 1 is 1.24 bits per heavy atom. The number of nitrogens with two attached hydrogens (primary N) is 1. The molecule has 0 saturated carbocycles. The Labute approximate surface area is 128 Å². The number of nitrogens with one attached hydrogen (secondary N) is 1. The maximum atomic E-state index is 12.3. The number of carbonyl (C=O) groups excluding carboxylic acids is 1. The van der Waals surface area contributed by atoms with E-state index in [4.69, 9.17) is 22.1 Å². The van der Waals surface area contributed by atoms with Crippen LogP contribution in [0.25, 0.3) is 0 Å². The summed E-state index contributed by atoms with van der Waals surface area (Å²) in [6.07, 6.45) is 0. The van der Waals surface area contributed by atoms with Crippen LogP contribution in [-0.2, 0) is 0 Å². The predicted octanol–water partition coefficient (Wildman–Crippen LogP) is 3.42. The van der Waals surface area contributed by atoms with Crippen molar-refractivity contribution in [3.63, 3.8) is 0 Å². The van der Waals surface area contributed by atoms with Gasteiger partial charge in [0.2, 0.25) is 0 Å². The number of hydrogen-bond acceptors (Lipinski definition) is 3. The smallest absolute Gasteiger partial charge is 0.253 e. The van der Waals surface area contributed by atoms with Crippen molar-refractivity contribution >= 4 is 23.2 Å². The van der Waals surface area contributed by atoms with Crippen molar-refractivity contribution in [2.24, 2.45) is 0 Å². The van der Waals surface area contributed by atoms with E-state index in [1.165, 1.54) is 0 Å². The number of carbonyl (C=O) groups is 1. The second-order valence-electron chi connectivity index (χ2n) is 4.70. The van der Waals surface area contributed by atoms with E-state index < -0.39 is 0 Å². The second kappa shape index (κ2) is 6.50. The van der Waals surface area contributed by atoms with Crippen LogP contribution in [0.4, 0.5) is 5.69 Å². The average molecular weight is 305 g/mol. The van der Waals surface area contributed by atoms with Gasteiger partial charge in [-0.2, -0.15) is 0 Å². The highest BCUT2D eigenvalue weighted by molar-refractivity contribution is 6.30. The number of nitrogen functional groups attached to an aromatic ring is 1. The zero-order chi connectivity index (χ0) is 15.4. The Hall–Kier alpha value is -2.20. The molecule has 0 bridgehead atoms. The minimum absolute atomic E-state index is 0.152. The van der Waals surface area contributed by atoms with Gasteiger partial charge in [-0.3, -0.25) is 4.79 Å². The van der Waals surface area contributed by atoms with Crippen LogP contribution in [0.5, 0.6) is 5.75 Å². The van der Waals surface area contributed by atoms with E-state index in [1.54, 1.807) is 37.4 Å². The maximum Gasteiger partial charge on any atom is 0.253 e. The lowest BCUT2D eigenvalue weighted by Gasteiger charge is -2.15. The molecular weight excluding hydrogens is 288 g/mol. The van der Waals surface area contributed by atoms with E-state index in [0.717, 1.165) is 5.56 Å². The van der Waals surface area contributed by atoms with Gasteiger partial charge in [-0.15, -0.1) is 0 Å². The van der Waals surface area contributed by atoms with Crippen LogP contribution >= 0.6 is 11.6 Å². The molecule has 0 heterocycles. The summed E-state index contributed by atoms with van der Waals surface area (Å²) < 4.78 is 5.11. The monoisotopic (exact) mass is 304 g/mol. The number of rotatable bonds is 4. The molecule has 5 heteroatoms. The topological polar surface area (TPSA) is 64.3 Å². The van der Waals surface area contributed by atoms with Crippen molar-refractivity contribution in [2.75, 3.05) is 12.8 Å². The Balaban J connectivity index is 2.15. The van der Waals surface area contributed by atoms with Gasteiger partial charge in [0.05, 0.1) is 18.7 Å². The first-order valence-electron chi connectivity index (χ1n) is 6.51. The third kappa shape index (κ3) is 3.67. The lowest BCUT2D eigenvalue weighted by atomic mass is 10.1. The van der Waals surface area contributed by atoms with Crippen LogP contribution in [0, 0.1) is 0 Å². The summed E-state index contributed by atoms with van der Waals surface area (Å²) >= 11 is 5.85. The van der Waals surface area contributed by atoms with Crippen LogP contribution < -0.4 is 15.8 Å². The molecule has 1 amide bonds. The number of amides is 1. The number of anilines is 1. The van der Waals surface area contributed by atoms with Crippen molar-refractivity contribution in [1.82, 2.24) is 5.32 Å². The van der Waals surface area contributed by atoms with Gasteiger partial charge in [0, 0.05) is 10.7 Å². The first-order valence-corrected chi connectivity index (χ1v) is 6.89. The van der Waals surface area contributed by atoms with Crippen molar-refractivity contribution < 1.29 is 9.53 Å². The molecule has 110 valence electrons. The molecule has 3 N–H and O–H groups in total. The molecule has 2 aromatic carbocycles. The highest BCUT2D eigenvalue weighted by Gasteiger charge is 2.14. The lowest BCUT2D eigenvalue weighted by Crippen LogP contribution is -2.27. The molecular formula is C16H17ClN2O2. The van der Waals surface area contributed by atoms with Crippen molar-refractivity contribution in [3.05, 3.63) is 58.6 Å². The predicted molar refractivity (Wildman–Crippen MR) is 84.7 cm³/mol. The average Bonchev–Trinajstić information content (AvgIpc) is 2.48. The molecule has 0 aliphatic carbocycles. The van der Waals surface area contributed by atoms with E-state index >= 15 is 0 Å². The van der Waals surface area contributed by atoms with Gasteiger partial charge in [-0.1, -0.05) is 23.7 Å². The summed E-state index contributed by atoms with van der Waals surface area (Å²) in [4.78, 5) is 12.3. The Morgan fingerprint density at radius 3 is 2.52 bits per heavy atom. The molecule has 0 spiro atoms. The van der Waals surface area contributed by atoms with Crippen LogP contribution in [-0.4, -0.2) is 13.0 Å². The molecule has 1 unspecified atom stereocenters. The van der Waals surface area contributed by atoms with Gasteiger partial charge in [0.25, 0.3) is 5.91 Å².